The normalized spacial score (nSPS) is 30.9. The van der Waals surface area contributed by atoms with E-state index in [0.29, 0.717) is 26.2 Å². The molecule has 0 aromatic carbocycles. The number of rotatable bonds is 1. The predicted octanol–water partition coefficient (Wildman–Crippen LogP) is 1.49. The van der Waals surface area contributed by atoms with E-state index in [0.717, 1.165) is 6.42 Å². The van der Waals surface area contributed by atoms with Gasteiger partial charge >= 0.3 is 12.1 Å². The molecule has 2 fully saturated rings. The monoisotopic (exact) mass is 271 g/mol. The molecule has 0 radical (unpaired) electrons. The van der Waals surface area contributed by atoms with Crippen LogP contribution in [0.2, 0.25) is 0 Å². The Morgan fingerprint density at radius 2 is 2.11 bits per heavy atom. The van der Waals surface area contributed by atoms with Crippen LogP contribution in [-0.4, -0.2) is 53.5 Å². The van der Waals surface area contributed by atoms with Crippen LogP contribution in [-0.2, 0) is 14.3 Å². The number of likely N-dealkylation sites (tertiary alicyclic amines) is 1. The van der Waals surface area contributed by atoms with E-state index >= 15 is 0 Å². The minimum absolute atomic E-state index is 0.208. The van der Waals surface area contributed by atoms with Gasteiger partial charge < -0.3 is 14.6 Å². The number of carboxylic acids is 1. The molecule has 0 unspecified atom stereocenters. The first-order valence-electron chi connectivity index (χ1n) is 6.53. The lowest BCUT2D eigenvalue weighted by atomic mass is 9.85. The van der Waals surface area contributed by atoms with E-state index in [1.807, 2.05) is 0 Å². The molecule has 6 heteroatoms. The van der Waals surface area contributed by atoms with E-state index in [1.165, 1.54) is 4.90 Å². The number of carbonyl (C=O) groups is 2. The lowest BCUT2D eigenvalue weighted by Crippen LogP contribution is -2.43. The van der Waals surface area contributed by atoms with Gasteiger partial charge in [-0.05, 0) is 33.6 Å². The van der Waals surface area contributed by atoms with Gasteiger partial charge in [0.15, 0.2) is 0 Å². The van der Waals surface area contributed by atoms with Crippen molar-refractivity contribution in [1.82, 2.24) is 4.90 Å². The second-order valence-corrected chi connectivity index (χ2v) is 6.47. The van der Waals surface area contributed by atoms with E-state index in [9.17, 15) is 14.7 Å². The van der Waals surface area contributed by atoms with Crippen molar-refractivity contribution in [2.75, 3.05) is 19.8 Å². The molecule has 1 N–H and O–H groups in total. The predicted molar refractivity (Wildman–Crippen MR) is 66.8 cm³/mol. The molecule has 2 atom stereocenters. The Hall–Kier alpha value is -1.30. The van der Waals surface area contributed by atoms with Crippen LogP contribution in [0.4, 0.5) is 4.79 Å². The van der Waals surface area contributed by atoms with Crippen molar-refractivity contribution in [3.05, 3.63) is 0 Å². The Balaban J connectivity index is 2.13. The fraction of sp³-hybridized carbons (Fsp3) is 0.846. The highest BCUT2D eigenvalue weighted by atomic mass is 16.6. The van der Waals surface area contributed by atoms with E-state index in [-0.39, 0.29) is 5.41 Å². The van der Waals surface area contributed by atoms with Crippen LogP contribution in [0.25, 0.3) is 0 Å². The van der Waals surface area contributed by atoms with Gasteiger partial charge in [-0.2, -0.15) is 0 Å². The average molecular weight is 271 g/mol. The zero-order chi connectivity index (χ0) is 14.3. The summed E-state index contributed by atoms with van der Waals surface area (Å²) in [6.45, 7) is 6.87. The number of hydrogen-bond acceptors (Lipinski definition) is 4. The smallest absolute Gasteiger partial charge is 0.411 e. The van der Waals surface area contributed by atoms with Gasteiger partial charge in [0, 0.05) is 18.6 Å². The van der Waals surface area contributed by atoms with Crippen LogP contribution >= 0.6 is 0 Å². The van der Waals surface area contributed by atoms with Crippen molar-refractivity contribution < 1.29 is 24.2 Å². The molecule has 0 aromatic rings. The maximum Gasteiger partial charge on any atom is 0.411 e. The molecular weight excluding hydrogens is 250 g/mol. The van der Waals surface area contributed by atoms with E-state index < -0.39 is 23.7 Å². The molecule has 2 heterocycles. The summed E-state index contributed by atoms with van der Waals surface area (Å²) in [4.78, 5) is 24.8. The number of amides is 1. The van der Waals surface area contributed by atoms with Crippen LogP contribution < -0.4 is 0 Å². The van der Waals surface area contributed by atoms with Gasteiger partial charge in [0.25, 0.3) is 0 Å². The number of ether oxygens (including phenoxy) is 2. The number of carbonyl (C=O) groups excluding carboxylic acids is 1. The highest BCUT2D eigenvalue weighted by Gasteiger charge is 2.51. The summed E-state index contributed by atoms with van der Waals surface area (Å²) < 4.78 is 10.7. The van der Waals surface area contributed by atoms with E-state index in [4.69, 9.17) is 9.47 Å². The molecule has 0 saturated carbocycles. The van der Waals surface area contributed by atoms with Crippen molar-refractivity contribution in [1.29, 1.82) is 0 Å². The van der Waals surface area contributed by atoms with Crippen LogP contribution in [0, 0.1) is 5.41 Å². The summed E-state index contributed by atoms with van der Waals surface area (Å²) in [7, 11) is 0. The largest absolute Gasteiger partial charge is 0.480 e. The Bertz CT molecular complexity index is 381. The molecule has 2 saturated heterocycles. The van der Waals surface area contributed by atoms with Gasteiger partial charge in [-0.25, -0.2) is 9.59 Å². The molecule has 2 rings (SSSR count). The number of aliphatic carboxylic acids is 1. The van der Waals surface area contributed by atoms with Gasteiger partial charge in [0.05, 0.1) is 6.61 Å². The maximum absolute atomic E-state index is 12.1. The van der Waals surface area contributed by atoms with Gasteiger partial charge in [0.2, 0.25) is 0 Å². The summed E-state index contributed by atoms with van der Waals surface area (Å²) in [5.41, 5.74) is -0.831. The average Bonchev–Trinajstić information content (AvgIpc) is 2.84. The summed E-state index contributed by atoms with van der Waals surface area (Å²) in [5, 5.41) is 9.28. The molecule has 1 amide bonds. The molecular formula is C13H21NO5. The molecule has 0 aliphatic carbocycles. The maximum atomic E-state index is 12.1. The van der Waals surface area contributed by atoms with Crippen molar-refractivity contribution in [3.63, 3.8) is 0 Å². The highest BCUT2D eigenvalue weighted by molar-refractivity contribution is 5.81. The quantitative estimate of drug-likeness (QED) is 0.782. The van der Waals surface area contributed by atoms with Gasteiger partial charge in [-0.3, -0.25) is 4.90 Å². The zero-order valence-corrected chi connectivity index (χ0v) is 11.6. The Kier molecular flexibility index (Phi) is 3.47. The number of nitrogens with zero attached hydrogens (tertiary/aromatic N) is 1. The molecule has 2 aliphatic rings. The molecule has 6 nitrogen and oxygen atoms in total. The van der Waals surface area contributed by atoms with Crippen LogP contribution in [0.3, 0.4) is 0 Å². The Morgan fingerprint density at radius 3 is 2.58 bits per heavy atom. The fourth-order valence-corrected chi connectivity index (χ4v) is 2.72. The first-order valence-corrected chi connectivity index (χ1v) is 6.53. The second kappa shape index (κ2) is 4.67. The summed E-state index contributed by atoms with van der Waals surface area (Å²) in [5.74, 6) is -0.977. The number of carboxylic acid groups (broad SMARTS) is 1. The zero-order valence-electron chi connectivity index (χ0n) is 11.6. The van der Waals surface area contributed by atoms with Crippen molar-refractivity contribution in [2.45, 2.75) is 45.3 Å². The van der Waals surface area contributed by atoms with E-state index in [2.05, 4.69) is 0 Å². The molecule has 19 heavy (non-hydrogen) atoms. The number of hydrogen-bond donors (Lipinski definition) is 1. The molecule has 0 bridgehead atoms. The van der Waals surface area contributed by atoms with Crippen LogP contribution in [0.1, 0.15) is 33.6 Å². The first-order chi connectivity index (χ1) is 8.72. The van der Waals surface area contributed by atoms with Crippen LogP contribution in [0.5, 0.6) is 0 Å². The topological polar surface area (TPSA) is 76.1 Å². The third-order valence-electron chi connectivity index (χ3n) is 3.61. The third-order valence-corrected chi connectivity index (χ3v) is 3.61. The second-order valence-electron chi connectivity index (χ2n) is 6.47. The Morgan fingerprint density at radius 1 is 1.42 bits per heavy atom. The standard InChI is InChI=1S/C13H21NO5/c1-12(2,3)19-11(17)14-7-13(4-5-18-8-13)6-9(14)10(15)16/h9H,4-8H2,1-3H3,(H,15,16)/t9-,13+/m0/s1. The molecule has 0 aromatic heterocycles. The molecule has 108 valence electrons. The third kappa shape index (κ3) is 3.00. The minimum Gasteiger partial charge on any atom is -0.480 e. The van der Waals surface area contributed by atoms with Crippen LogP contribution in [0.15, 0.2) is 0 Å². The van der Waals surface area contributed by atoms with E-state index in [1.54, 1.807) is 20.8 Å². The summed E-state index contributed by atoms with van der Waals surface area (Å²) in [6.07, 6.45) is 0.696. The van der Waals surface area contributed by atoms with Crippen molar-refractivity contribution >= 4 is 12.1 Å². The van der Waals surface area contributed by atoms with Crippen molar-refractivity contribution in [2.24, 2.45) is 5.41 Å². The minimum atomic E-state index is -0.977. The lowest BCUT2D eigenvalue weighted by Gasteiger charge is -2.27. The van der Waals surface area contributed by atoms with Crippen molar-refractivity contribution in [3.8, 4) is 0 Å². The van der Waals surface area contributed by atoms with Gasteiger partial charge in [0.1, 0.15) is 11.6 Å². The molecule has 2 aliphatic heterocycles. The summed E-state index contributed by atoms with van der Waals surface area (Å²) >= 11 is 0. The lowest BCUT2D eigenvalue weighted by molar-refractivity contribution is -0.142. The molecule has 1 spiro atoms. The highest BCUT2D eigenvalue weighted by Crippen LogP contribution is 2.42. The van der Waals surface area contributed by atoms with Gasteiger partial charge in [-0.1, -0.05) is 0 Å². The first kappa shape index (κ1) is 14.1. The summed E-state index contributed by atoms with van der Waals surface area (Å²) in [6, 6.07) is -0.809. The van der Waals surface area contributed by atoms with Gasteiger partial charge in [-0.15, -0.1) is 0 Å². The SMILES string of the molecule is CC(C)(C)OC(=O)N1C[C@@]2(CCOC2)C[C@H]1C(=O)O. The Labute approximate surface area is 112 Å². The fourth-order valence-electron chi connectivity index (χ4n) is 2.72.